The van der Waals surface area contributed by atoms with Crippen molar-refractivity contribution in [3.05, 3.63) is 5.89 Å². The van der Waals surface area contributed by atoms with Crippen LogP contribution < -0.4 is 10.2 Å². The highest BCUT2D eigenvalue weighted by Gasteiger charge is 2.29. The number of rotatable bonds is 4. The third kappa shape index (κ3) is 2.35. The molecule has 1 fully saturated rings. The summed E-state index contributed by atoms with van der Waals surface area (Å²) in [6.07, 6.45) is 0. The van der Waals surface area contributed by atoms with E-state index in [0.29, 0.717) is 30.3 Å². The van der Waals surface area contributed by atoms with E-state index in [0.717, 1.165) is 19.6 Å². The highest BCUT2D eigenvalue weighted by atomic mass is 16.4. The fourth-order valence-electron chi connectivity index (χ4n) is 1.96. The van der Waals surface area contributed by atoms with E-state index in [4.69, 9.17) is 4.42 Å². The van der Waals surface area contributed by atoms with Crippen LogP contribution in [0.25, 0.3) is 0 Å². The predicted octanol–water partition coefficient (Wildman–Crippen LogP) is 1.27. The molecule has 1 saturated heterocycles. The number of anilines is 1. The van der Waals surface area contributed by atoms with Gasteiger partial charge in [-0.3, -0.25) is 0 Å². The molecule has 90 valence electrons. The van der Waals surface area contributed by atoms with Crippen molar-refractivity contribution in [2.24, 2.45) is 11.8 Å². The standard InChI is InChI=1S/C11H20N4O/c1-4-12-5-10-13-14-11(16-10)15-6-8(2)9(3)7-15/h8-9,12H,4-7H2,1-3H3. The SMILES string of the molecule is CCNCc1nnc(N2CC(C)C(C)C2)o1. The first kappa shape index (κ1) is 11.4. The van der Waals surface area contributed by atoms with E-state index in [9.17, 15) is 0 Å². The predicted molar refractivity (Wildman–Crippen MR) is 62.2 cm³/mol. The summed E-state index contributed by atoms with van der Waals surface area (Å²) >= 11 is 0. The van der Waals surface area contributed by atoms with Gasteiger partial charge in [0, 0.05) is 13.1 Å². The molecule has 0 bridgehead atoms. The minimum absolute atomic E-state index is 0.655. The number of nitrogens with one attached hydrogen (secondary N) is 1. The summed E-state index contributed by atoms with van der Waals surface area (Å²) < 4.78 is 5.61. The Kier molecular flexibility index (Phi) is 3.43. The van der Waals surface area contributed by atoms with Crippen LogP contribution in [0.3, 0.4) is 0 Å². The zero-order valence-electron chi connectivity index (χ0n) is 10.2. The largest absolute Gasteiger partial charge is 0.407 e. The molecule has 1 aromatic rings. The van der Waals surface area contributed by atoms with Gasteiger partial charge in [-0.05, 0) is 18.4 Å². The van der Waals surface area contributed by atoms with Crippen LogP contribution in [-0.2, 0) is 6.54 Å². The fourth-order valence-corrected chi connectivity index (χ4v) is 1.96. The molecule has 5 heteroatoms. The molecular weight excluding hydrogens is 204 g/mol. The van der Waals surface area contributed by atoms with Crippen LogP contribution in [0.4, 0.5) is 6.01 Å². The Bertz CT molecular complexity index is 328. The zero-order chi connectivity index (χ0) is 11.5. The lowest BCUT2D eigenvalue weighted by Gasteiger charge is -2.11. The van der Waals surface area contributed by atoms with Crippen LogP contribution >= 0.6 is 0 Å². The molecule has 0 radical (unpaired) electrons. The molecule has 1 aliphatic heterocycles. The molecule has 0 amide bonds. The van der Waals surface area contributed by atoms with Gasteiger partial charge in [0.2, 0.25) is 5.89 Å². The van der Waals surface area contributed by atoms with Gasteiger partial charge < -0.3 is 14.6 Å². The van der Waals surface area contributed by atoms with Crippen LogP contribution in [0.5, 0.6) is 0 Å². The van der Waals surface area contributed by atoms with Crippen LogP contribution in [-0.4, -0.2) is 29.8 Å². The summed E-state index contributed by atoms with van der Waals surface area (Å²) in [4.78, 5) is 2.18. The molecule has 1 aliphatic rings. The number of nitrogens with zero attached hydrogens (tertiary/aromatic N) is 3. The van der Waals surface area contributed by atoms with E-state index in [1.54, 1.807) is 0 Å². The molecule has 0 aliphatic carbocycles. The quantitative estimate of drug-likeness (QED) is 0.834. The molecular formula is C11H20N4O. The van der Waals surface area contributed by atoms with Crippen molar-refractivity contribution in [1.82, 2.24) is 15.5 Å². The second kappa shape index (κ2) is 4.82. The van der Waals surface area contributed by atoms with E-state index in [1.807, 2.05) is 0 Å². The van der Waals surface area contributed by atoms with E-state index in [2.05, 4.69) is 41.2 Å². The monoisotopic (exact) mass is 224 g/mol. The van der Waals surface area contributed by atoms with Crippen molar-refractivity contribution in [3.8, 4) is 0 Å². The third-order valence-electron chi connectivity index (χ3n) is 3.24. The Morgan fingerprint density at radius 3 is 2.62 bits per heavy atom. The van der Waals surface area contributed by atoms with Crippen LogP contribution in [0.1, 0.15) is 26.7 Å². The van der Waals surface area contributed by atoms with Gasteiger partial charge in [-0.25, -0.2) is 0 Å². The topological polar surface area (TPSA) is 54.2 Å². The Hall–Kier alpha value is -1.10. The second-order valence-electron chi connectivity index (χ2n) is 4.62. The fraction of sp³-hybridized carbons (Fsp3) is 0.818. The Morgan fingerprint density at radius 1 is 1.31 bits per heavy atom. The molecule has 0 spiro atoms. The second-order valence-corrected chi connectivity index (χ2v) is 4.62. The number of hydrogen-bond acceptors (Lipinski definition) is 5. The van der Waals surface area contributed by atoms with Crippen LogP contribution in [0.15, 0.2) is 4.42 Å². The average Bonchev–Trinajstić information content (AvgIpc) is 2.84. The van der Waals surface area contributed by atoms with Gasteiger partial charge >= 0.3 is 6.01 Å². The number of hydrogen-bond donors (Lipinski definition) is 1. The first-order chi connectivity index (χ1) is 7.70. The average molecular weight is 224 g/mol. The maximum Gasteiger partial charge on any atom is 0.318 e. The van der Waals surface area contributed by atoms with Gasteiger partial charge in [0.25, 0.3) is 0 Å². The molecule has 1 aromatic heterocycles. The van der Waals surface area contributed by atoms with Gasteiger partial charge in [-0.2, -0.15) is 0 Å². The molecule has 2 heterocycles. The Labute approximate surface area is 96.2 Å². The van der Waals surface area contributed by atoms with Gasteiger partial charge in [0.15, 0.2) is 0 Å². The van der Waals surface area contributed by atoms with Crippen LogP contribution in [0.2, 0.25) is 0 Å². The molecule has 1 N–H and O–H groups in total. The molecule has 0 aromatic carbocycles. The van der Waals surface area contributed by atoms with Gasteiger partial charge in [-0.15, -0.1) is 5.10 Å². The van der Waals surface area contributed by atoms with Crippen molar-refractivity contribution in [2.45, 2.75) is 27.3 Å². The smallest absolute Gasteiger partial charge is 0.318 e. The van der Waals surface area contributed by atoms with E-state index in [1.165, 1.54) is 0 Å². The summed E-state index contributed by atoms with van der Waals surface area (Å²) in [5.74, 6) is 2.07. The number of aromatic nitrogens is 2. The Balaban J connectivity index is 1.97. The molecule has 2 atom stereocenters. The maximum absolute atomic E-state index is 5.61. The first-order valence-corrected chi connectivity index (χ1v) is 5.98. The maximum atomic E-state index is 5.61. The summed E-state index contributed by atoms with van der Waals surface area (Å²) in [7, 11) is 0. The molecule has 5 nitrogen and oxygen atoms in total. The van der Waals surface area contributed by atoms with Gasteiger partial charge in [0.05, 0.1) is 6.54 Å². The third-order valence-corrected chi connectivity index (χ3v) is 3.24. The lowest BCUT2D eigenvalue weighted by molar-refractivity contribution is 0.468. The lowest BCUT2D eigenvalue weighted by atomic mass is 10.0. The van der Waals surface area contributed by atoms with Crippen molar-refractivity contribution >= 4 is 6.01 Å². The molecule has 2 unspecified atom stereocenters. The van der Waals surface area contributed by atoms with Crippen molar-refractivity contribution < 1.29 is 4.42 Å². The molecule has 2 rings (SSSR count). The minimum atomic E-state index is 0.655. The van der Waals surface area contributed by atoms with Crippen molar-refractivity contribution in [1.29, 1.82) is 0 Å². The van der Waals surface area contributed by atoms with Gasteiger partial charge in [0.1, 0.15) is 0 Å². The highest BCUT2D eigenvalue weighted by Crippen LogP contribution is 2.26. The summed E-state index contributed by atoms with van der Waals surface area (Å²) in [6, 6.07) is 0.670. The van der Waals surface area contributed by atoms with Gasteiger partial charge in [-0.1, -0.05) is 25.9 Å². The first-order valence-electron chi connectivity index (χ1n) is 5.98. The Morgan fingerprint density at radius 2 is 2.00 bits per heavy atom. The summed E-state index contributed by atoms with van der Waals surface area (Å²) in [6.45, 7) is 10.2. The normalized spacial score (nSPS) is 25.3. The summed E-state index contributed by atoms with van der Waals surface area (Å²) in [5, 5.41) is 11.3. The molecule has 16 heavy (non-hydrogen) atoms. The minimum Gasteiger partial charge on any atom is -0.407 e. The highest BCUT2D eigenvalue weighted by molar-refractivity contribution is 5.26. The van der Waals surface area contributed by atoms with Crippen LogP contribution in [0, 0.1) is 11.8 Å². The molecule has 0 saturated carbocycles. The van der Waals surface area contributed by atoms with E-state index >= 15 is 0 Å². The van der Waals surface area contributed by atoms with Crippen molar-refractivity contribution in [3.63, 3.8) is 0 Å². The summed E-state index contributed by atoms with van der Waals surface area (Å²) in [5.41, 5.74) is 0. The zero-order valence-corrected chi connectivity index (χ0v) is 10.2. The van der Waals surface area contributed by atoms with Crippen molar-refractivity contribution in [2.75, 3.05) is 24.5 Å². The van der Waals surface area contributed by atoms with E-state index in [-0.39, 0.29) is 0 Å². The van der Waals surface area contributed by atoms with E-state index < -0.39 is 0 Å². The lowest BCUT2D eigenvalue weighted by Crippen LogP contribution is -2.19.